The molecule has 0 fully saturated rings. The fraction of sp³-hybridized carbons (Fsp3) is 0.133. The molecule has 5 nitrogen and oxygen atoms in total. The van der Waals surface area contributed by atoms with Crippen LogP contribution in [0.25, 0.3) is 0 Å². The van der Waals surface area contributed by atoms with Crippen LogP contribution in [0, 0.1) is 28.4 Å². The molecule has 0 aliphatic heterocycles. The number of nitriles is 1. The van der Waals surface area contributed by atoms with Crippen molar-refractivity contribution in [1.29, 1.82) is 5.26 Å². The molecule has 0 saturated heterocycles. The van der Waals surface area contributed by atoms with Gasteiger partial charge in [0.2, 0.25) is 5.75 Å². The molecule has 0 aromatic heterocycles. The summed E-state index contributed by atoms with van der Waals surface area (Å²) in [5.74, 6) is 0.715. The van der Waals surface area contributed by atoms with Crippen LogP contribution in [0.3, 0.4) is 0 Å². The Labute approximate surface area is 126 Å². The number of nitro groups is 1. The van der Waals surface area contributed by atoms with E-state index in [1.807, 2.05) is 6.07 Å². The molecular formula is C15H11ClN2O3. The van der Waals surface area contributed by atoms with Crippen LogP contribution in [-0.2, 0) is 5.88 Å². The monoisotopic (exact) mass is 302 g/mol. The number of nitro benzene ring substituents is 1. The van der Waals surface area contributed by atoms with Gasteiger partial charge in [-0.1, -0.05) is 12.1 Å². The lowest BCUT2D eigenvalue weighted by atomic mass is 10.1. The van der Waals surface area contributed by atoms with Gasteiger partial charge in [0.05, 0.1) is 16.6 Å². The summed E-state index contributed by atoms with van der Waals surface area (Å²) in [6.07, 6.45) is 0. The Morgan fingerprint density at radius 2 is 2.05 bits per heavy atom. The number of benzene rings is 2. The first-order chi connectivity index (χ1) is 10.0. The number of hydrogen-bond acceptors (Lipinski definition) is 4. The number of alkyl halides is 1. The Hall–Kier alpha value is -2.58. The summed E-state index contributed by atoms with van der Waals surface area (Å²) < 4.78 is 5.61. The SMILES string of the molecule is Cc1ccc(C#N)cc1Oc1ccc(CCl)cc1[N+](=O)[O-]. The van der Waals surface area contributed by atoms with Gasteiger partial charge in [0.25, 0.3) is 0 Å². The van der Waals surface area contributed by atoms with Gasteiger partial charge in [0.1, 0.15) is 5.75 Å². The highest BCUT2D eigenvalue weighted by molar-refractivity contribution is 6.17. The Balaban J connectivity index is 2.44. The maximum Gasteiger partial charge on any atom is 0.311 e. The maximum atomic E-state index is 11.1. The number of hydrogen-bond donors (Lipinski definition) is 0. The van der Waals surface area contributed by atoms with E-state index in [4.69, 9.17) is 21.6 Å². The van der Waals surface area contributed by atoms with Crippen molar-refractivity contribution < 1.29 is 9.66 Å². The number of ether oxygens (including phenoxy) is 1. The van der Waals surface area contributed by atoms with Crippen molar-refractivity contribution in [1.82, 2.24) is 0 Å². The van der Waals surface area contributed by atoms with Gasteiger partial charge in [-0.05, 0) is 36.2 Å². The highest BCUT2D eigenvalue weighted by Gasteiger charge is 2.17. The lowest BCUT2D eigenvalue weighted by molar-refractivity contribution is -0.385. The van der Waals surface area contributed by atoms with Gasteiger partial charge >= 0.3 is 5.69 Å². The molecule has 0 aliphatic carbocycles. The minimum Gasteiger partial charge on any atom is -0.450 e. The van der Waals surface area contributed by atoms with Gasteiger partial charge in [0.15, 0.2) is 0 Å². The molecule has 0 saturated carbocycles. The molecule has 106 valence electrons. The first-order valence-electron chi connectivity index (χ1n) is 6.07. The van der Waals surface area contributed by atoms with Crippen molar-refractivity contribution in [3.8, 4) is 17.6 Å². The zero-order valence-electron chi connectivity index (χ0n) is 11.2. The van der Waals surface area contributed by atoms with Gasteiger partial charge in [-0.2, -0.15) is 5.26 Å². The van der Waals surface area contributed by atoms with Crippen LogP contribution in [0.5, 0.6) is 11.5 Å². The largest absolute Gasteiger partial charge is 0.450 e. The summed E-state index contributed by atoms with van der Waals surface area (Å²) in [4.78, 5) is 10.6. The second-order valence-corrected chi connectivity index (χ2v) is 4.65. The minimum absolute atomic E-state index is 0.118. The third kappa shape index (κ3) is 3.30. The highest BCUT2D eigenvalue weighted by atomic mass is 35.5. The van der Waals surface area contributed by atoms with Crippen molar-refractivity contribution in [3.05, 3.63) is 63.2 Å². The van der Waals surface area contributed by atoms with Crippen molar-refractivity contribution >= 4 is 17.3 Å². The van der Waals surface area contributed by atoms with Crippen molar-refractivity contribution in [2.75, 3.05) is 0 Å². The van der Waals surface area contributed by atoms with Crippen LogP contribution in [0.15, 0.2) is 36.4 Å². The van der Waals surface area contributed by atoms with E-state index in [2.05, 4.69) is 0 Å². The summed E-state index contributed by atoms with van der Waals surface area (Å²) in [6.45, 7) is 1.80. The molecule has 0 radical (unpaired) electrons. The van der Waals surface area contributed by atoms with Crippen LogP contribution in [0.2, 0.25) is 0 Å². The van der Waals surface area contributed by atoms with Crippen molar-refractivity contribution in [2.45, 2.75) is 12.8 Å². The number of nitrogens with zero attached hydrogens (tertiary/aromatic N) is 2. The average molecular weight is 303 g/mol. The third-order valence-electron chi connectivity index (χ3n) is 2.91. The zero-order valence-corrected chi connectivity index (χ0v) is 11.9. The summed E-state index contributed by atoms with van der Waals surface area (Å²) in [7, 11) is 0. The van der Waals surface area contributed by atoms with Crippen molar-refractivity contribution in [3.63, 3.8) is 0 Å². The first-order valence-corrected chi connectivity index (χ1v) is 6.60. The number of halogens is 1. The molecule has 0 unspecified atom stereocenters. The number of rotatable bonds is 4. The predicted molar refractivity (Wildman–Crippen MR) is 78.6 cm³/mol. The molecule has 2 aromatic carbocycles. The molecule has 2 rings (SSSR count). The molecule has 0 N–H and O–H groups in total. The minimum atomic E-state index is -0.519. The van der Waals surface area contributed by atoms with E-state index in [0.29, 0.717) is 16.9 Å². The molecule has 6 heteroatoms. The normalized spacial score (nSPS) is 9.95. The molecule has 0 atom stereocenters. The Morgan fingerprint density at radius 1 is 1.29 bits per heavy atom. The summed E-state index contributed by atoms with van der Waals surface area (Å²) >= 11 is 5.68. The third-order valence-corrected chi connectivity index (χ3v) is 3.22. The highest BCUT2D eigenvalue weighted by Crippen LogP contribution is 2.34. The summed E-state index contributed by atoms with van der Waals surface area (Å²) in [5, 5.41) is 20.0. The van der Waals surface area contributed by atoms with E-state index < -0.39 is 4.92 Å². The zero-order chi connectivity index (χ0) is 15.4. The van der Waals surface area contributed by atoms with E-state index in [1.165, 1.54) is 12.1 Å². The van der Waals surface area contributed by atoms with E-state index in [9.17, 15) is 10.1 Å². The van der Waals surface area contributed by atoms with Gasteiger partial charge in [-0.25, -0.2) is 0 Å². The van der Waals surface area contributed by atoms with Gasteiger partial charge in [-0.3, -0.25) is 10.1 Å². The second-order valence-electron chi connectivity index (χ2n) is 4.39. The van der Waals surface area contributed by atoms with Gasteiger partial charge in [0, 0.05) is 11.9 Å². The average Bonchev–Trinajstić information content (AvgIpc) is 2.49. The Morgan fingerprint density at radius 3 is 2.67 bits per heavy atom. The molecule has 0 spiro atoms. The van der Waals surface area contributed by atoms with Gasteiger partial charge in [-0.15, -0.1) is 11.6 Å². The Kier molecular flexibility index (Phi) is 4.41. The predicted octanol–water partition coefficient (Wildman–Crippen LogP) is 4.31. The van der Waals surface area contributed by atoms with Crippen LogP contribution >= 0.6 is 11.6 Å². The lowest BCUT2D eigenvalue weighted by Crippen LogP contribution is -1.96. The smallest absolute Gasteiger partial charge is 0.311 e. The maximum absolute atomic E-state index is 11.1. The van der Waals surface area contributed by atoms with E-state index in [1.54, 1.807) is 31.2 Å². The first kappa shape index (κ1) is 14.8. The van der Waals surface area contributed by atoms with E-state index in [0.717, 1.165) is 5.56 Å². The molecular weight excluding hydrogens is 292 g/mol. The second kappa shape index (κ2) is 6.25. The molecule has 0 amide bonds. The van der Waals surface area contributed by atoms with Crippen LogP contribution in [-0.4, -0.2) is 4.92 Å². The number of aryl methyl sites for hydroxylation is 1. The molecule has 0 heterocycles. The van der Waals surface area contributed by atoms with Gasteiger partial charge < -0.3 is 4.74 Å². The fourth-order valence-electron chi connectivity index (χ4n) is 1.77. The Bertz CT molecular complexity index is 738. The molecule has 21 heavy (non-hydrogen) atoms. The summed E-state index contributed by atoms with van der Waals surface area (Å²) in [5.41, 5.74) is 1.69. The summed E-state index contributed by atoms with van der Waals surface area (Å²) in [6, 6.07) is 11.5. The lowest BCUT2D eigenvalue weighted by Gasteiger charge is -2.10. The molecule has 0 bridgehead atoms. The fourth-order valence-corrected chi connectivity index (χ4v) is 1.94. The molecule has 2 aromatic rings. The molecule has 0 aliphatic rings. The van der Waals surface area contributed by atoms with Crippen LogP contribution in [0.1, 0.15) is 16.7 Å². The van der Waals surface area contributed by atoms with Crippen LogP contribution < -0.4 is 4.74 Å². The topological polar surface area (TPSA) is 76.2 Å². The van der Waals surface area contributed by atoms with Crippen LogP contribution in [0.4, 0.5) is 5.69 Å². The quantitative estimate of drug-likeness (QED) is 0.479. The van der Waals surface area contributed by atoms with Crippen molar-refractivity contribution in [2.24, 2.45) is 0 Å². The van der Waals surface area contributed by atoms with E-state index >= 15 is 0 Å². The van der Waals surface area contributed by atoms with E-state index in [-0.39, 0.29) is 17.3 Å². The standard InChI is InChI=1S/C15H11ClN2O3/c1-10-2-3-12(9-17)7-15(10)21-14-5-4-11(8-16)6-13(14)18(19)20/h2-7H,8H2,1H3.